The second kappa shape index (κ2) is 12.9. The van der Waals surface area contributed by atoms with Crippen molar-refractivity contribution >= 4 is 30.1 Å². The average molecular weight is 597 g/mol. The van der Waals surface area contributed by atoms with Gasteiger partial charge in [-0.2, -0.15) is 0 Å². The number of β-amino-alcohol motifs (C(OH)–C–C–N with tert-alkyl or cyclic N) is 1. The highest BCUT2D eigenvalue weighted by molar-refractivity contribution is 5.91. The molecule has 0 spiro atoms. The van der Waals surface area contributed by atoms with Gasteiger partial charge in [0, 0.05) is 6.54 Å². The van der Waals surface area contributed by atoms with E-state index in [1.54, 1.807) is 91.0 Å². The summed E-state index contributed by atoms with van der Waals surface area (Å²) in [5, 5.41) is 13.5. The van der Waals surface area contributed by atoms with Gasteiger partial charge in [0.2, 0.25) is 0 Å². The summed E-state index contributed by atoms with van der Waals surface area (Å²) in [6.07, 6.45) is -2.81. The van der Waals surface area contributed by atoms with E-state index in [4.69, 9.17) is 18.9 Å². The molecule has 1 saturated heterocycles. The van der Waals surface area contributed by atoms with E-state index in [1.165, 1.54) is 17.2 Å². The SMILES string of the molecule is O=C(OC[C@H]1O[C@@H](n2cnc3c2N=CNCC3O)[C@H](OC(=O)c2ccccc2)[C@@H]1OC(=O)c1ccccc1)c1ccccc1. The molecule has 4 aromatic rings. The lowest BCUT2D eigenvalue weighted by atomic mass is 10.1. The van der Waals surface area contributed by atoms with E-state index in [-0.39, 0.29) is 35.8 Å². The predicted molar refractivity (Wildman–Crippen MR) is 155 cm³/mol. The Morgan fingerprint density at radius 1 is 0.818 bits per heavy atom. The lowest BCUT2D eigenvalue weighted by Crippen LogP contribution is -2.41. The van der Waals surface area contributed by atoms with Gasteiger partial charge in [-0.25, -0.2) is 24.4 Å². The summed E-state index contributed by atoms with van der Waals surface area (Å²) in [5.74, 6) is -1.74. The van der Waals surface area contributed by atoms with Gasteiger partial charge >= 0.3 is 17.9 Å². The summed E-state index contributed by atoms with van der Waals surface area (Å²) in [5.41, 5.74) is 1.13. The van der Waals surface area contributed by atoms with Gasteiger partial charge in [0.1, 0.15) is 24.5 Å². The first-order valence-corrected chi connectivity index (χ1v) is 13.9. The Labute approximate surface area is 251 Å². The first-order chi connectivity index (χ1) is 21.5. The molecule has 1 unspecified atom stereocenters. The van der Waals surface area contributed by atoms with Crippen molar-refractivity contribution in [2.24, 2.45) is 4.99 Å². The van der Waals surface area contributed by atoms with Gasteiger partial charge in [-0.3, -0.25) is 4.57 Å². The lowest BCUT2D eigenvalue weighted by Gasteiger charge is -2.25. The highest BCUT2D eigenvalue weighted by Crippen LogP contribution is 2.39. The van der Waals surface area contributed by atoms with Crippen molar-refractivity contribution in [2.75, 3.05) is 13.2 Å². The van der Waals surface area contributed by atoms with Gasteiger partial charge in [0.15, 0.2) is 24.3 Å². The molecule has 12 heteroatoms. The molecule has 0 saturated carbocycles. The number of nitrogens with one attached hydrogen (secondary N) is 1. The number of carbonyl (C=O) groups is 3. The molecule has 3 heterocycles. The fourth-order valence-corrected chi connectivity index (χ4v) is 4.97. The molecule has 0 radical (unpaired) electrons. The molecule has 224 valence electrons. The number of nitrogens with zero attached hydrogens (tertiary/aromatic N) is 3. The molecule has 44 heavy (non-hydrogen) atoms. The number of rotatable bonds is 8. The third kappa shape index (κ3) is 6.07. The van der Waals surface area contributed by atoms with Crippen LogP contribution >= 0.6 is 0 Å². The van der Waals surface area contributed by atoms with E-state index in [0.717, 1.165) is 0 Å². The highest BCUT2D eigenvalue weighted by atomic mass is 16.7. The maximum absolute atomic E-state index is 13.4. The molecule has 12 nitrogen and oxygen atoms in total. The lowest BCUT2D eigenvalue weighted by molar-refractivity contribution is -0.0614. The Morgan fingerprint density at radius 2 is 1.36 bits per heavy atom. The molecular formula is C32H28N4O8. The monoisotopic (exact) mass is 596 g/mol. The van der Waals surface area contributed by atoms with Crippen LogP contribution in [-0.2, 0) is 18.9 Å². The minimum absolute atomic E-state index is 0.181. The van der Waals surface area contributed by atoms with Crippen LogP contribution in [0, 0.1) is 0 Å². The van der Waals surface area contributed by atoms with Crippen LogP contribution in [0.3, 0.4) is 0 Å². The van der Waals surface area contributed by atoms with Crippen LogP contribution in [0.4, 0.5) is 5.82 Å². The minimum atomic E-state index is -1.24. The van der Waals surface area contributed by atoms with Gasteiger partial charge < -0.3 is 29.4 Å². The molecular weight excluding hydrogens is 568 g/mol. The summed E-state index contributed by atoms with van der Waals surface area (Å²) < 4.78 is 25.4. The number of fused-ring (bicyclic) bond motifs is 1. The van der Waals surface area contributed by atoms with Crippen LogP contribution < -0.4 is 5.32 Å². The Bertz CT molecular complexity index is 1640. The van der Waals surface area contributed by atoms with Gasteiger partial charge in [-0.1, -0.05) is 54.6 Å². The first-order valence-electron chi connectivity index (χ1n) is 13.9. The molecule has 2 aliphatic rings. The maximum atomic E-state index is 13.4. The number of ether oxygens (including phenoxy) is 4. The van der Waals surface area contributed by atoms with Crippen LogP contribution in [0.2, 0.25) is 0 Å². The van der Waals surface area contributed by atoms with Gasteiger partial charge in [-0.15, -0.1) is 0 Å². The number of aromatic nitrogens is 2. The Morgan fingerprint density at radius 3 is 1.95 bits per heavy atom. The molecule has 2 aliphatic heterocycles. The molecule has 0 bridgehead atoms. The average Bonchev–Trinajstić information content (AvgIpc) is 3.57. The van der Waals surface area contributed by atoms with Crippen LogP contribution in [0.15, 0.2) is 102 Å². The molecule has 0 aliphatic carbocycles. The minimum Gasteiger partial charge on any atom is -0.459 e. The molecule has 1 fully saturated rings. The molecule has 6 rings (SSSR count). The standard InChI is InChI=1S/C32H28N4O8/c37-23-16-33-18-34-28-25(23)35-19-36(28)29-27(44-32(40)22-14-8-3-9-15-22)26(43-31(39)21-12-6-2-7-13-21)24(42-29)17-41-30(38)20-10-4-1-5-11-20/h1-15,18-19,23-24,26-27,29,37H,16-17H2,(H,33,34)/t23?,24-,26-,27-,29-/m1/s1. The summed E-state index contributed by atoms with van der Waals surface area (Å²) in [7, 11) is 0. The van der Waals surface area contributed by atoms with E-state index in [2.05, 4.69) is 15.3 Å². The predicted octanol–water partition coefficient (Wildman–Crippen LogP) is 3.39. The first kappa shape index (κ1) is 28.8. The zero-order valence-electron chi connectivity index (χ0n) is 23.3. The van der Waals surface area contributed by atoms with Crippen molar-refractivity contribution < 1.29 is 38.4 Å². The number of aliphatic hydroxyl groups is 1. The Balaban J connectivity index is 1.37. The number of imidazole rings is 1. The zero-order valence-corrected chi connectivity index (χ0v) is 23.3. The molecule has 1 aromatic heterocycles. The second-order valence-electron chi connectivity index (χ2n) is 10.0. The fourth-order valence-electron chi connectivity index (χ4n) is 4.97. The number of hydrogen-bond acceptors (Lipinski definition) is 11. The number of benzene rings is 3. The number of aliphatic imine (C=N–C) groups is 1. The van der Waals surface area contributed by atoms with Gasteiger partial charge in [0.25, 0.3) is 0 Å². The van der Waals surface area contributed by atoms with Gasteiger partial charge in [0.05, 0.1) is 29.4 Å². The Hall–Kier alpha value is -5.33. The van der Waals surface area contributed by atoms with E-state index < -0.39 is 48.6 Å². The number of hydrogen-bond donors (Lipinski definition) is 2. The normalized spacial score (nSPS) is 22.2. The topological polar surface area (TPSA) is 151 Å². The summed E-state index contributed by atoms with van der Waals surface area (Å²) in [6.45, 7) is -0.151. The third-order valence-electron chi connectivity index (χ3n) is 7.15. The molecule has 3 aromatic carbocycles. The smallest absolute Gasteiger partial charge is 0.338 e. The van der Waals surface area contributed by atoms with Crippen molar-refractivity contribution in [3.05, 3.63) is 120 Å². The fraction of sp³-hybridized carbons (Fsp3) is 0.219. The van der Waals surface area contributed by atoms with Crippen LogP contribution in [0.5, 0.6) is 0 Å². The molecule has 5 atom stereocenters. The largest absolute Gasteiger partial charge is 0.459 e. The molecule has 0 amide bonds. The quantitative estimate of drug-likeness (QED) is 0.229. The highest BCUT2D eigenvalue weighted by Gasteiger charge is 2.52. The number of esters is 3. The van der Waals surface area contributed by atoms with E-state index in [0.29, 0.717) is 5.56 Å². The van der Waals surface area contributed by atoms with Crippen LogP contribution in [-0.4, -0.2) is 70.4 Å². The summed E-state index contributed by atoms with van der Waals surface area (Å²) >= 11 is 0. The van der Waals surface area contributed by atoms with Crippen molar-refractivity contribution in [1.29, 1.82) is 0 Å². The van der Waals surface area contributed by atoms with Crippen LogP contribution in [0.25, 0.3) is 0 Å². The number of carbonyl (C=O) groups excluding carboxylic acids is 3. The van der Waals surface area contributed by atoms with E-state index >= 15 is 0 Å². The molecule has 2 N–H and O–H groups in total. The summed E-state index contributed by atoms with van der Waals surface area (Å²) in [4.78, 5) is 48.2. The van der Waals surface area contributed by atoms with Crippen molar-refractivity contribution in [3.8, 4) is 0 Å². The number of aliphatic hydroxyl groups excluding tert-OH is 1. The Kier molecular flexibility index (Phi) is 8.43. The zero-order chi connectivity index (χ0) is 30.5. The van der Waals surface area contributed by atoms with Crippen LogP contribution in [0.1, 0.15) is 49.1 Å². The van der Waals surface area contributed by atoms with Crippen molar-refractivity contribution in [2.45, 2.75) is 30.6 Å². The van der Waals surface area contributed by atoms with Gasteiger partial charge in [-0.05, 0) is 36.4 Å². The van der Waals surface area contributed by atoms with E-state index in [1.807, 2.05) is 0 Å². The maximum Gasteiger partial charge on any atom is 0.338 e. The van der Waals surface area contributed by atoms with Crippen molar-refractivity contribution in [3.63, 3.8) is 0 Å². The second-order valence-corrected chi connectivity index (χ2v) is 10.0. The third-order valence-corrected chi connectivity index (χ3v) is 7.15. The van der Waals surface area contributed by atoms with E-state index in [9.17, 15) is 19.5 Å². The van der Waals surface area contributed by atoms with Crippen molar-refractivity contribution in [1.82, 2.24) is 14.9 Å². The summed E-state index contributed by atoms with van der Waals surface area (Å²) in [6, 6.07) is 25.0.